The number of amides is 1. The van der Waals surface area contributed by atoms with Crippen LogP contribution in [0.15, 0.2) is 60.7 Å². The Morgan fingerprint density at radius 2 is 1.65 bits per heavy atom. The SMILES string of the molecule is COC(=O)c1c(N)n(-c2c(C)ccc(OCc3ccccc3)c2C)c2nc(C)nc(-c3cccc(OC)c3CNC(=O)OC(C)(C)C)c12. The third-order valence-corrected chi connectivity index (χ3v) is 7.81. The Morgan fingerprint density at radius 1 is 0.917 bits per heavy atom. The number of anilines is 1. The van der Waals surface area contributed by atoms with Crippen LogP contribution in [0.2, 0.25) is 0 Å². The molecule has 0 aliphatic heterocycles. The number of rotatable bonds is 9. The summed E-state index contributed by atoms with van der Waals surface area (Å²) in [5.74, 6) is 1.10. The number of hydrogen-bond acceptors (Lipinski definition) is 9. The Bertz CT molecular complexity index is 2000. The standard InChI is InChI=1S/C37H41N5O6/c1-21-17-18-27(47-20-24-13-10-9-11-14-24)22(2)32(21)42-33(38)30(35(43)46-8)29-31(40-23(3)41-34(29)42)25-15-12-16-28(45-7)26(25)19-39-36(44)48-37(4,5)6/h9-18H,19-20,38H2,1-8H3,(H,39,44). The van der Waals surface area contributed by atoms with E-state index >= 15 is 0 Å². The zero-order valence-electron chi connectivity index (χ0n) is 28.6. The minimum absolute atomic E-state index is 0.0571. The van der Waals surface area contributed by atoms with Crippen molar-refractivity contribution in [2.75, 3.05) is 20.0 Å². The molecular weight excluding hydrogens is 610 g/mol. The summed E-state index contributed by atoms with van der Waals surface area (Å²) in [6.45, 7) is 11.5. The van der Waals surface area contributed by atoms with Gasteiger partial charge in [0.1, 0.15) is 40.9 Å². The lowest BCUT2D eigenvalue weighted by atomic mass is 9.99. The first-order chi connectivity index (χ1) is 22.8. The number of methoxy groups -OCH3 is 2. The third kappa shape index (κ3) is 6.76. The van der Waals surface area contributed by atoms with Gasteiger partial charge in [-0.1, -0.05) is 48.5 Å². The lowest BCUT2D eigenvalue weighted by Gasteiger charge is -2.21. The maximum atomic E-state index is 13.5. The summed E-state index contributed by atoms with van der Waals surface area (Å²) in [5.41, 5.74) is 11.8. The van der Waals surface area contributed by atoms with Crippen molar-refractivity contribution in [2.24, 2.45) is 0 Å². The Balaban J connectivity index is 1.73. The van der Waals surface area contributed by atoms with Crippen LogP contribution in [0, 0.1) is 20.8 Å². The summed E-state index contributed by atoms with van der Waals surface area (Å²) < 4.78 is 24.5. The number of alkyl carbamates (subject to hydrolysis) is 1. The Hall–Kier alpha value is -5.58. The number of hydrogen-bond donors (Lipinski definition) is 2. The summed E-state index contributed by atoms with van der Waals surface area (Å²) in [4.78, 5) is 35.8. The van der Waals surface area contributed by atoms with Gasteiger partial charge in [-0.15, -0.1) is 0 Å². The maximum absolute atomic E-state index is 13.5. The van der Waals surface area contributed by atoms with Crippen molar-refractivity contribution in [3.05, 3.63) is 94.3 Å². The first-order valence-electron chi connectivity index (χ1n) is 15.5. The molecule has 0 saturated carbocycles. The molecule has 0 aliphatic rings. The minimum atomic E-state index is -0.681. The second-order valence-electron chi connectivity index (χ2n) is 12.4. The summed E-state index contributed by atoms with van der Waals surface area (Å²) in [6.07, 6.45) is -0.589. The minimum Gasteiger partial charge on any atom is -0.496 e. The molecular formula is C37H41N5O6. The molecule has 11 heteroatoms. The van der Waals surface area contributed by atoms with E-state index in [2.05, 4.69) is 5.32 Å². The van der Waals surface area contributed by atoms with Gasteiger partial charge in [-0.2, -0.15) is 0 Å². The summed E-state index contributed by atoms with van der Waals surface area (Å²) >= 11 is 0. The van der Waals surface area contributed by atoms with Crippen LogP contribution < -0.4 is 20.5 Å². The van der Waals surface area contributed by atoms with E-state index in [0.717, 1.165) is 22.4 Å². The molecule has 0 bridgehead atoms. The van der Waals surface area contributed by atoms with Gasteiger partial charge >= 0.3 is 12.1 Å². The van der Waals surface area contributed by atoms with Gasteiger partial charge in [0, 0.05) is 16.7 Å². The second-order valence-corrected chi connectivity index (χ2v) is 12.4. The van der Waals surface area contributed by atoms with Crippen molar-refractivity contribution >= 4 is 28.9 Å². The Kier molecular flexibility index (Phi) is 9.60. The van der Waals surface area contributed by atoms with Gasteiger partial charge in [0.2, 0.25) is 0 Å². The number of carbonyl (C=O) groups is 2. The van der Waals surface area contributed by atoms with Crippen molar-refractivity contribution in [1.29, 1.82) is 0 Å². The number of fused-ring (bicyclic) bond motifs is 1. The first-order valence-corrected chi connectivity index (χ1v) is 15.5. The van der Waals surface area contributed by atoms with Crippen molar-refractivity contribution in [2.45, 2.75) is 60.3 Å². The van der Waals surface area contributed by atoms with Crippen LogP contribution in [0.3, 0.4) is 0 Å². The Morgan fingerprint density at radius 3 is 2.31 bits per heavy atom. The van der Waals surface area contributed by atoms with E-state index < -0.39 is 17.7 Å². The molecule has 3 N–H and O–H groups in total. The number of ether oxygens (including phenoxy) is 4. The summed E-state index contributed by atoms with van der Waals surface area (Å²) in [5, 5.41) is 3.21. The molecule has 0 atom stereocenters. The molecule has 2 aromatic heterocycles. The van der Waals surface area contributed by atoms with Crippen LogP contribution in [0.1, 0.15) is 59.2 Å². The first kappa shape index (κ1) is 33.8. The predicted molar refractivity (Wildman–Crippen MR) is 185 cm³/mol. The molecule has 3 aromatic carbocycles. The predicted octanol–water partition coefficient (Wildman–Crippen LogP) is 6.99. The molecule has 48 heavy (non-hydrogen) atoms. The fourth-order valence-corrected chi connectivity index (χ4v) is 5.72. The van der Waals surface area contributed by atoms with Crippen LogP contribution in [-0.4, -0.2) is 46.4 Å². The van der Waals surface area contributed by atoms with E-state index in [0.29, 0.717) is 51.8 Å². The van der Waals surface area contributed by atoms with Gasteiger partial charge in [-0.3, -0.25) is 4.57 Å². The lowest BCUT2D eigenvalue weighted by molar-refractivity contribution is 0.0522. The highest BCUT2D eigenvalue weighted by atomic mass is 16.6. The normalized spacial score (nSPS) is 11.3. The molecule has 0 fully saturated rings. The van der Waals surface area contributed by atoms with Gasteiger partial charge in [0.25, 0.3) is 0 Å². The summed E-state index contributed by atoms with van der Waals surface area (Å²) in [7, 11) is 2.85. The van der Waals surface area contributed by atoms with Gasteiger partial charge in [0.05, 0.1) is 37.5 Å². The highest BCUT2D eigenvalue weighted by Crippen LogP contribution is 2.41. The number of carbonyl (C=O) groups excluding carboxylic acids is 2. The van der Waals surface area contributed by atoms with E-state index in [-0.39, 0.29) is 17.9 Å². The number of nitrogens with two attached hydrogens (primary N) is 1. The molecule has 5 aromatic rings. The number of esters is 1. The third-order valence-electron chi connectivity index (χ3n) is 7.81. The van der Waals surface area contributed by atoms with Crippen molar-refractivity contribution in [3.63, 3.8) is 0 Å². The molecule has 0 radical (unpaired) electrons. The molecule has 2 heterocycles. The van der Waals surface area contributed by atoms with E-state index in [1.54, 1.807) is 45.4 Å². The van der Waals surface area contributed by atoms with Crippen molar-refractivity contribution in [3.8, 4) is 28.4 Å². The highest BCUT2D eigenvalue weighted by molar-refractivity contribution is 6.13. The number of aryl methyl sites for hydroxylation is 2. The van der Waals surface area contributed by atoms with E-state index in [1.165, 1.54) is 7.11 Å². The van der Waals surface area contributed by atoms with Crippen molar-refractivity contribution in [1.82, 2.24) is 19.9 Å². The summed E-state index contributed by atoms with van der Waals surface area (Å²) in [6, 6.07) is 19.2. The van der Waals surface area contributed by atoms with Crippen LogP contribution in [0.25, 0.3) is 28.0 Å². The van der Waals surface area contributed by atoms with E-state index in [9.17, 15) is 9.59 Å². The second kappa shape index (κ2) is 13.6. The van der Waals surface area contributed by atoms with Crippen LogP contribution in [0.4, 0.5) is 10.6 Å². The van der Waals surface area contributed by atoms with Gasteiger partial charge < -0.3 is 30.0 Å². The molecule has 5 rings (SSSR count). The smallest absolute Gasteiger partial charge is 0.407 e. The quantitative estimate of drug-likeness (QED) is 0.161. The maximum Gasteiger partial charge on any atom is 0.407 e. The Labute approximate surface area is 280 Å². The monoisotopic (exact) mass is 651 g/mol. The lowest BCUT2D eigenvalue weighted by Crippen LogP contribution is -2.32. The topological polar surface area (TPSA) is 140 Å². The van der Waals surface area contributed by atoms with E-state index in [1.807, 2.05) is 68.4 Å². The van der Waals surface area contributed by atoms with Gasteiger partial charge in [-0.25, -0.2) is 19.6 Å². The largest absolute Gasteiger partial charge is 0.496 e. The average Bonchev–Trinajstić information content (AvgIpc) is 3.33. The zero-order chi connectivity index (χ0) is 34.7. The van der Waals surface area contributed by atoms with Gasteiger partial charge in [0.15, 0.2) is 5.65 Å². The average molecular weight is 652 g/mol. The highest BCUT2D eigenvalue weighted by Gasteiger charge is 2.30. The molecule has 0 unspecified atom stereocenters. The molecule has 11 nitrogen and oxygen atoms in total. The number of nitrogens with one attached hydrogen (secondary N) is 1. The van der Waals surface area contributed by atoms with Crippen molar-refractivity contribution < 1.29 is 28.5 Å². The van der Waals surface area contributed by atoms with Gasteiger partial charge in [-0.05, 0) is 64.8 Å². The number of nitrogens with zero attached hydrogens (tertiary/aromatic N) is 3. The zero-order valence-corrected chi connectivity index (χ0v) is 28.6. The fourth-order valence-electron chi connectivity index (χ4n) is 5.72. The van der Waals surface area contributed by atoms with Crippen LogP contribution >= 0.6 is 0 Å². The van der Waals surface area contributed by atoms with Crippen LogP contribution in [0.5, 0.6) is 11.5 Å². The molecule has 0 aliphatic carbocycles. The fraction of sp³-hybridized carbons (Fsp3) is 0.297. The molecule has 1 amide bonds. The number of aromatic nitrogens is 3. The molecule has 0 spiro atoms. The number of benzene rings is 3. The van der Waals surface area contributed by atoms with Crippen LogP contribution in [-0.2, 0) is 22.6 Å². The molecule has 250 valence electrons. The molecule has 0 saturated heterocycles. The number of nitrogen functional groups attached to an aromatic ring is 1. The van der Waals surface area contributed by atoms with E-state index in [4.69, 9.17) is 34.6 Å².